The summed E-state index contributed by atoms with van der Waals surface area (Å²) in [6.07, 6.45) is 2.52. The van der Waals surface area contributed by atoms with Crippen LogP contribution in [0, 0.1) is 5.92 Å². The van der Waals surface area contributed by atoms with Crippen molar-refractivity contribution in [3.8, 4) is 0 Å². The van der Waals surface area contributed by atoms with Crippen LogP contribution in [0.3, 0.4) is 0 Å². The first-order valence-corrected chi connectivity index (χ1v) is 5.96. The predicted molar refractivity (Wildman–Crippen MR) is 56.7 cm³/mol. The molecule has 3 nitrogen and oxygen atoms in total. The smallest absolute Gasteiger partial charge is 0.221 e. The van der Waals surface area contributed by atoms with E-state index in [4.69, 9.17) is 5.73 Å². The Morgan fingerprint density at radius 3 is 3.08 bits per heavy atom. The van der Waals surface area contributed by atoms with Crippen molar-refractivity contribution in [2.45, 2.75) is 25.8 Å². The van der Waals surface area contributed by atoms with Crippen LogP contribution in [0.4, 0.5) is 0 Å². The van der Waals surface area contributed by atoms with E-state index in [1.54, 1.807) is 0 Å². The van der Waals surface area contributed by atoms with E-state index >= 15 is 0 Å². The zero-order valence-corrected chi connectivity index (χ0v) is 8.90. The molecule has 2 atom stereocenters. The Balaban J connectivity index is 2.13. The summed E-state index contributed by atoms with van der Waals surface area (Å²) in [5.41, 5.74) is 5.17. The highest BCUT2D eigenvalue weighted by atomic mass is 32.2. The third-order valence-corrected chi connectivity index (χ3v) is 3.57. The average molecular weight is 202 g/mol. The molecule has 0 radical (unpaired) electrons. The number of primary amides is 1. The van der Waals surface area contributed by atoms with Crippen molar-refractivity contribution in [3.63, 3.8) is 0 Å². The van der Waals surface area contributed by atoms with Crippen molar-refractivity contribution in [2.75, 3.05) is 18.1 Å². The number of hydrogen-bond donors (Lipinski definition) is 2. The second kappa shape index (κ2) is 5.50. The van der Waals surface area contributed by atoms with Gasteiger partial charge in [0.05, 0.1) is 0 Å². The number of rotatable bonds is 4. The minimum absolute atomic E-state index is 0.0491. The van der Waals surface area contributed by atoms with Crippen LogP contribution in [0.15, 0.2) is 0 Å². The highest BCUT2D eigenvalue weighted by molar-refractivity contribution is 7.99. The fraction of sp³-hybridized carbons (Fsp3) is 0.889. The van der Waals surface area contributed by atoms with E-state index in [0.29, 0.717) is 6.04 Å². The number of nitrogens with one attached hydrogen (secondary N) is 1. The molecule has 2 unspecified atom stereocenters. The molecule has 1 aliphatic heterocycles. The van der Waals surface area contributed by atoms with Crippen LogP contribution >= 0.6 is 11.8 Å². The molecule has 4 heteroatoms. The standard InChI is InChI=1S/C9H18N2OS/c1-7(9(10)12)5-11-8-3-2-4-13-6-8/h7-8,11H,2-6H2,1H3,(H2,10,12). The summed E-state index contributed by atoms with van der Waals surface area (Å²) in [5.74, 6) is 2.19. The molecule has 1 fully saturated rings. The fourth-order valence-corrected chi connectivity index (χ4v) is 2.45. The molecule has 1 rings (SSSR count). The van der Waals surface area contributed by atoms with Gasteiger partial charge in [-0.15, -0.1) is 0 Å². The zero-order chi connectivity index (χ0) is 9.68. The third-order valence-electron chi connectivity index (χ3n) is 2.36. The average Bonchev–Trinajstić information content (AvgIpc) is 2.15. The normalized spacial score (nSPS) is 25.5. The Bertz CT molecular complexity index is 169. The summed E-state index contributed by atoms with van der Waals surface area (Å²) in [5, 5.41) is 3.38. The maximum atomic E-state index is 10.7. The lowest BCUT2D eigenvalue weighted by Crippen LogP contribution is -2.39. The lowest BCUT2D eigenvalue weighted by Gasteiger charge is -2.23. The van der Waals surface area contributed by atoms with Crippen LogP contribution in [-0.4, -0.2) is 30.0 Å². The molecule has 0 saturated carbocycles. The van der Waals surface area contributed by atoms with E-state index in [2.05, 4.69) is 5.32 Å². The summed E-state index contributed by atoms with van der Waals surface area (Å²) >= 11 is 1.98. The molecule has 0 aliphatic carbocycles. The quantitative estimate of drug-likeness (QED) is 0.701. The van der Waals surface area contributed by atoms with Crippen LogP contribution in [0.5, 0.6) is 0 Å². The van der Waals surface area contributed by atoms with Crippen LogP contribution in [0.25, 0.3) is 0 Å². The van der Waals surface area contributed by atoms with Crippen molar-refractivity contribution < 1.29 is 4.79 Å². The molecule has 0 bridgehead atoms. The summed E-state index contributed by atoms with van der Waals surface area (Å²) in [6, 6.07) is 0.584. The number of nitrogens with two attached hydrogens (primary N) is 1. The summed E-state index contributed by atoms with van der Waals surface area (Å²) in [7, 11) is 0. The van der Waals surface area contributed by atoms with Gasteiger partial charge in [0.2, 0.25) is 5.91 Å². The van der Waals surface area contributed by atoms with Gasteiger partial charge in [0.1, 0.15) is 0 Å². The first-order chi connectivity index (χ1) is 6.20. The SMILES string of the molecule is CC(CNC1CCCSC1)C(N)=O. The van der Waals surface area contributed by atoms with E-state index in [0.717, 1.165) is 6.54 Å². The first-order valence-electron chi connectivity index (χ1n) is 4.80. The van der Waals surface area contributed by atoms with Crippen molar-refractivity contribution in [1.29, 1.82) is 0 Å². The number of carbonyl (C=O) groups is 1. The molecule has 1 saturated heterocycles. The van der Waals surface area contributed by atoms with Gasteiger partial charge in [0.25, 0.3) is 0 Å². The van der Waals surface area contributed by atoms with Gasteiger partial charge in [0.15, 0.2) is 0 Å². The highest BCUT2D eigenvalue weighted by Crippen LogP contribution is 2.16. The third kappa shape index (κ3) is 4.00. The second-order valence-corrected chi connectivity index (χ2v) is 4.78. The number of amides is 1. The summed E-state index contributed by atoms with van der Waals surface area (Å²) < 4.78 is 0. The topological polar surface area (TPSA) is 55.1 Å². The van der Waals surface area contributed by atoms with Crippen LogP contribution < -0.4 is 11.1 Å². The maximum absolute atomic E-state index is 10.7. The molecule has 76 valence electrons. The molecule has 13 heavy (non-hydrogen) atoms. The minimum Gasteiger partial charge on any atom is -0.369 e. The predicted octanol–water partition coefficient (Wildman–Crippen LogP) is 0.593. The van der Waals surface area contributed by atoms with Gasteiger partial charge in [-0.2, -0.15) is 11.8 Å². The Labute approximate surface area is 83.8 Å². The Morgan fingerprint density at radius 1 is 1.77 bits per heavy atom. The van der Waals surface area contributed by atoms with Gasteiger partial charge in [-0.1, -0.05) is 6.92 Å². The Morgan fingerprint density at radius 2 is 2.54 bits per heavy atom. The second-order valence-electron chi connectivity index (χ2n) is 3.63. The summed E-state index contributed by atoms with van der Waals surface area (Å²) in [4.78, 5) is 10.7. The molecule has 1 aliphatic rings. The van der Waals surface area contributed by atoms with Crippen molar-refractivity contribution in [1.82, 2.24) is 5.32 Å². The van der Waals surface area contributed by atoms with Gasteiger partial charge in [-0.3, -0.25) is 4.79 Å². The first kappa shape index (κ1) is 10.9. The van der Waals surface area contributed by atoms with Gasteiger partial charge in [0, 0.05) is 24.3 Å². The fourth-order valence-electron chi connectivity index (χ4n) is 1.35. The molecule has 1 amide bonds. The number of hydrogen-bond acceptors (Lipinski definition) is 3. The minimum atomic E-state index is -0.212. The van der Waals surface area contributed by atoms with Crippen molar-refractivity contribution in [3.05, 3.63) is 0 Å². The van der Waals surface area contributed by atoms with E-state index in [9.17, 15) is 4.79 Å². The van der Waals surface area contributed by atoms with E-state index in [1.807, 2.05) is 18.7 Å². The van der Waals surface area contributed by atoms with Gasteiger partial charge < -0.3 is 11.1 Å². The molecule has 3 N–H and O–H groups in total. The molecule has 0 aromatic carbocycles. The van der Waals surface area contributed by atoms with Crippen LogP contribution in [0.1, 0.15) is 19.8 Å². The molecule has 0 aromatic rings. The number of carbonyl (C=O) groups excluding carboxylic acids is 1. The molecule has 1 heterocycles. The Kier molecular flexibility index (Phi) is 4.59. The van der Waals surface area contributed by atoms with Crippen molar-refractivity contribution >= 4 is 17.7 Å². The lowest BCUT2D eigenvalue weighted by molar-refractivity contribution is -0.121. The van der Waals surface area contributed by atoms with Crippen molar-refractivity contribution in [2.24, 2.45) is 11.7 Å². The highest BCUT2D eigenvalue weighted by Gasteiger charge is 2.15. The molecule has 0 aromatic heterocycles. The van der Waals surface area contributed by atoms with E-state index < -0.39 is 0 Å². The number of thioether (sulfide) groups is 1. The van der Waals surface area contributed by atoms with Gasteiger partial charge >= 0.3 is 0 Å². The molecular formula is C9H18N2OS. The van der Waals surface area contributed by atoms with E-state index in [1.165, 1.54) is 24.3 Å². The largest absolute Gasteiger partial charge is 0.369 e. The van der Waals surface area contributed by atoms with Crippen LogP contribution in [-0.2, 0) is 4.79 Å². The summed E-state index contributed by atoms with van der Waals surface area (Å²) in [6.45, 7) is 2.59. The maximum Gasteiger partial charge on any atom is 0.221 e. The monoisotopic (exact) mass is 202 g/mol. The zero-order valence-electron chi connectivity index (χ0n) is 8.08. The van der Waals surface area contributed by atoms with Gasteiger partial charge in [-0.05, 0) is 18.6 Å². The molecule has 0 spiro atoms. The van der Waals surface area contributed by atoms with Gasteiger partial charge in [-0.25, -0.2) is 0 Å². The lowest BCUT2D eigenvalue weighted by atomic mass is 10.1. The van der Waals surface area contributed by atoms with E-state index in [-0.39, 0.29) is 11.8 Å². The van der Waals surface area contributed by atoms with Crippen LogP contribution in [0.2, 0.25) is 0 Å². The molecular weight excluding hydrogens is 184 g/mol. The Hall–Kier alpha value is -0.220.